The van der Waals surface area contributed by atoms with Crippen molar-refractivity contribution in [1.29, 1.82) is 0 Å². The molecule has 1 aliphatic rings. The van der Waals surface area contributed by atoms with Gasteiger partial charge in [-0.1, -0.05) is 11.2 Å². The summed E-state index contributed by atoms with van der Waals surface area (Å²) in [7, 11) is 0. The average Bonchev–Trinajstić information content (AvgIpc) is 3.31. The first-order chi connectivity index (χ1) is 12.6. The highest BCUT2D eigenvalue weighted by Crippen LogP contribution is 2.33. The number of nitrogens with two attached hydrogens (primary N) is 1. The quantitative estimate of drug-likeness (QED) is 0.757. The molecule has 2 N–H and O–H groups in total. The second kappa shape index (κ2) is 6.51. The zero-order chi connectivity index (χ0) is 18.1. The number of aryl methyl sites for hydroxylation is 1. The van der Waals surface area contributed by atoms with Crippen molar-refractivity contribution in [3.05, 3.63) is 47.9 Å². The molecular formula is C17H17N7O2. The number of carbonyl (C=O) groups is 1. The van der Waals surface area contributed by atoms with Gasteiger partial charge in [0.05, 0.1) is 6.04 Å². The Morgan fingerprint density at radius 2 is 2.12 bits per heavy atom. The van der Waals surface area contributed by atoms with Crippen molar-refractivity contribution in [3.8, 4) is 11.5 Å². The number of rotatable bonds is 3. The van der Waals surface area contributed by atoms with E-state index in [-0.39, 0.29) is 23.5 Å². The molecule has 0 aromatic carbocycles. The number of amides is 1. The lowest BCUT2D eigenvalue weighted by atomic mass is 10.1. The molecule has 0 spiro atoms. The van der Waals surface area contributed by atoms with E-state index in [1.807, 2.05) is 12.1 Å². The maximum atomic E-state index is 12.8. The molecule has 0 unspecified atom stereocenters. The average molecular weight is 351 g/mol. The molecule has 9 heteroatoms. The van der Waals surface area contributed by atoms with Gasteiger partial charge in [0.2, 0.25) is 11.7 Å². The zero-order valence-electron chi connectivity index (χ0n) is 14.2. The molecule has 26 heavy (non-hydrogen) atoms. The summed E-state index contributed by atoms with van der Waals surface area (Å²) in [4.78, 5) is 31.2. The van der Waals surface area contributed by atoms with Gasteiger partial charge in [0, 0.05) is 32.1 Å². The molecule has 3 aromatic rings. The van der Waals surface area contributed by atoms with Crippen LogP contribution in [0, 0.1) is 6.92 Å². The number of nitrogen functional groups attached to an aromatic ring is 1. The topological polar surface area (TPSA) is 124 Å². The van der Waals surface area contributed by atoms with Crippen LogP contribution in [0.5, 0.6) is 0 Å². The van der Waals surface area contributed by atoms with Crippen LogP contribution in [-0.4, -0.2) is 42.4 Å². The van der Waals surface area contributed by atoms with Crippen LogP contribution in [0.2, 0.25) is 0 Å². The Kier molecular flexibility index (Phi) is 4.04. The Morgan fingerprint density at radius 1 is 1.27 bits per heavy atom. The van der Waals surface area contributed by atoms with Crippen molar-refractivity contribution >= 4 is 11.7 Å². The summed E-state index contributed by atoms with van der Waals surface area (Å²) in [5.74, 6) is 0.862. The summed E-state index contributed by atoms with van der Waals surface area (Å²) in [6.07, 6.45) is 6.45. The van der Waals surface area contributed by atoms with E-state index in [1.165, 1.54) is 12.4 Å². The van der Waals surface area contributed by atoms with Crippen LogP contribution in [0.4, 0.5) is 5.82 Å². The predicted molar refractivity (Wildman–Crippen MR) is 91.7 cm³/mol. The number of aromatic nitrogens is 5. The van der Waals surface area contributed by atoms with Gasteiger partial charge in [0.1, 0.15) is 5.69 Å². The van der Waals surface area contributed by atoms with E-state index in [0.717, 1.165) is 18.4 Å². The molecule has 1 fully saturated rings. The molecule has 0 aliphatic carbocycles. The highest BCUT2D eigenvalue weighted by Gasteiger charge is 2.32. The third-order valence-electron chi connectivity index (χ3n) is 4.37. The van der Waals surface area contributed by atoms with Crippen molar-refractivity contribution < 1.29 is 9.32 Å². The van der Waals surface area contributed by atoms with Crippen LogP contribution in [0.1, 0.15) is 40.8 Å². The van der Waals surface area contributed by atoms with Crippen LogP contribution in [0.3, 0.4) is 0 Å². The van der Waals surface area contributed by atoms with Crippen molar-refractivity contribution in [2.75, 3.05) is 12.3 Å². The Morgan fingerprint density at radius 3 is 2.81 bits per heavy atom. The fourth-order valence-electron chi connectivity index (χ4n) is 3.14. The number of hydrogen-bond acceptors (Lipinski definition) is 8. The monoisotopic (exact) mass is 351 g/mol. The third-order valence-corrected chi connectivity index (χ3v) is 4.37. The Bertz CT molecular complexity index is 938. The maximum absolute atomic E-state index is 12.8. The van der Waals surface area contributed by atoms with E-state index < -0.39 is 0 Å². The number of hydrogen-bond donors (Lipinski definition) is 1. The zero-order valence-corrected chi connectivity index (χ0v) is 14.2. The Labute approximate surface area is 149 Å². The van der Waals surface area contributed by atoms with Gasteiger partial charge in [-0.3, -0.25) is 9.78 Å². The molecule has 1 amide bonds. The molecule has 4 rings (SSSR count). The molecule has 1 saturated heterocycles. The van der Waals surface area contributed by atoms with E-state index in [4.69, 9.17) is 10.3 Å². The lowest BCUT2D eigenvalue weighted by Crippen LogP contribution is -2.32. The smallest absolute Gasteiger partial charge is 0.276 e. The molecule has 0 saturated carbocycles. The van der Waals surface area contributed by atoms with Gasteiger partial charge in [-0.2, -0.15) is 4.98 Å². The minimum atomic E-state index is -0.212. The largest absolute Gasteiger partial charge is 0.382 e. The minimum Gasteiger partial charge on any atom is -0.382 e. The van der Waals surface area contributed by atoms with Gasteiger partial charge in [0.15, 0.2) is 11.5 Å². The SMILES string of the molecule is Cc1nc(-c2ccc([C@H]3CCCN3C(=O)c3nccnc3N)cn2)no1. The standard InChI is InChI=1S/C17H17N7O2/c1-10-22-16(23-26-10)12-5-4-11(9-21-12)13-3-2-8-24(13)17(25)14-15(18)20-7-6-19-14/h4-7,9,13H,2-3,8H2,1H3,(H2,18,20)/t13-/m1/s1. The Hall–Kier alpha value is -3.36. The molecule has 0 radical (unpaired) electrons. The molecular weight excluding hydrogens is 334 g/mol. The molecule has 0 bridgehead atoms. The van der Waals surface area contributed by atoms with Gasteiger partial charge in [0.25, 0.3) is 5.91 Å². The van der Waals surface area contributed by atoms with Crippen LogP contribution in [0.25, 0.3) is 11.5 Å². The number of pyridine rings is 1. The molecule has 4 heterocycles. The van der Waals surface area contributed by atoms with Crippen molar-refractivity contribution in [2.24, 2.45) is 0 Å². The fourth-order valence-corrected chi connectivity index (χ4v) is 3.14. The summed E-state index contributed by atoms with van der Waals surface area (Å²) >= 11 is 0. The lowest BCUT2D eigenvalue weighted by molar-refractivity contribution is 0.0730. The number of nitrogens with zero attached hydrogens (tertiary/aromatic N) is 6. The second-order valence-electron chi connectivity index (χ2n) is 6.06. The van der Waals surface area contributed by atoms with Gasteiger partial charge < -0.3 is 15.2 Å². The molecule has 132 valence electrons. The highest BCUT2D eigenvalue weighted by molar-refractivity contribution is 5.96. The van der Waals surface area contributed by atoms with Gasteiger partial charge in [-0.15, -0.1) is 0 Å². The van der Waals surface area contributed by atoms with Gasteiger partial charge in [-0.05, 0) is 24.5 Å². The Balaban J connectivity index is 1.58. The first-order valence-electron chi connectivity index (χ1n) is 8.27. The molecule has 1 aliphatic heterocycles. The van der Waals surface area contributed by atoms with Gasteiger partial charge in [-0.25, -0.2) is 9.97 Å². The predicted octanol–water partition coefficient (Wildman–Crippen LogP) is 1.79. The molecule has 1 atom stereocenters. The van der Waals surface area contributed by atoms with E-state index in [9.17, 15) is 4.79 Å². The van der Waals surface area contributed by atoms with Gasteiger partial charge >= 0.3 is 0 Å². The van der Waals surface area contributed by atoms with Crippen molar-refractivity contribution in [3.63, 3.8) is 0 Å². The number of anilines is 1. The fraction of sp³-hybridized carbons (Fsp3) is 0.294. The van der Waals surface area contributed by atoms with E-state index in [0.29, 0.717) is 24.0 Å². The third kappa shape index (κ3) is 2.87. The van der Waals surface area contributed by atoms with E-state index in [1.54, 1.807) is 18.0 Å². The van der Waals surface area contributed by atoms with Crippen LogP contribution < -0.4 is 5.73 Å². The summed E-state index contributed by atoms with van der Waals surface area (Å²) < 4.78 is 4.98. The summed E-state index contributed by atoms with van der Waals surface area (Å²) in [5, 5.41) is 3.86. The van der Waals surface area contributed by atoms with Crippen molar-refractivity contribution in [1.82, 2.24) is 30.0 Å². The second-order valence-corrected chi connectivity index (χ2v) is 6.06. The first kappa shape index (κ1) is 16.1. The normalized spacial score (nSPS) is 16.8. The minimum absolute atomic E-state index is 0.0718. The van der Waals surface area contributed by atoms with E-state index in [2.05, 4.69) is 25.1 Å². The van der Waals surface area contributed by atoms with Crippen LogP contribution in [0.15, 0.2) is 35.2 Å². The summed E-state index contributed by atoms with van der Waals surface area (Å²) in [6.45, 7) is 2.37. The number of likely N-dealkylation sites (tertiary alicyclic amines) is 1. The molecule has 9 nitrogen and oxygen atoms in total. The summed E-state index contributed by atoms with van der Waals surface area (Å²) in [5.41, 5.74) is 7.56. The first-order valence-corrected chi connectivity index (χ1v) is 8.27. The summed E-state index contributed by atoms with van der Waals surface area (Å²) in [6, 6.07) is 3.69. The van der Waals surface area contributed by atoms with Crippen LogP contribution >= 0.6 is 0 Å². The number of carbonyl (C=O) groups excluding carboxylic acids is 1. The van der Waals surface area contributed by atoms with Crippen molar-refractivity contribution in [2.45, 2.75) is 25.8 Å². The highest BCUT2D eigenvalue weighted by atomic mass is 16.5. The van der Waals surface area contributed by atoms with E-state index >= 15 is 0 Å². The van der Waals surface area contributed by atoms with Crippen LogP contribution in [-0.2, 0) is 0 Å². The maximum Gasteiger partial charge on any atom is 0.276 e. The molecule has 3 aromatic heterocycles. The lowest BCUT2D eigenvalue weighted by Gasteiger charge is -2.24.